The molecule has 0 spiro atoms. The highest BCUT2D eigenvalue weighted by Gasteiger charge is 2.29. The number of anilines is 2. The molecule has 0 aromatic heterocycles. The number of sulfone groups is 1. The van der Waals surface area contributed by atoms with Gasteiger partial charge < -0.3 is 5.32 Å². The van der Waals surface area contributed by atoms with Crippen molar-refractivity contribution in [1.82, 2.24) is 10.9 Å². The molecule has 0 fully saturated rings. The molecule has 0 radical (unpaired) electrons. The third-order valence-electron chi connectivity index (χ3n) is 4.23. The van der Waals surface area contributed by atoms with Crippen molar-refractivity contribution in [1.29, 1.82) is 0 Å². The molecule has 0 aliphatic rings. The average molecular weight is 502 g/mol. The van der Waals surface area contributed by atoms with Gasteiger partial charge in [0.15, 0.2) is 5.11 Å². The molecule has 0 saturated heterocycles. The van der Waals surface area contributed by atoms with E-state index in [1.54, 1.807) is 42.5 Å². The van der Waals surface area contributed by atoms with Gasteiger partial charge in [0, 0.05) is 10.7 Å². The van der Waals surface area contributed by atoms with Crippen LogP contribution in [0.4, 0.5) is 11.4 Å². The summed E-state index contributed by atoms with van der Waals surface area (Å²) in [6.07, 6.45) is 0. The molecule has 4 N–H and O–H groups in total. The standard InChI is InChI=1S/C22H20ClN5O3S2/c1-15-7-11-17(12-8-15)24-22(32)28-26-20(29)21(27-25-18-13-9-16(23)10-14-18)33(30,31)19-5-3-2-4-6-19/h2-14,25H,1H3,(H,26,29)(H2,24,28,32)/b27-21+. The predicted molar refractivity (Wildman–Crippen MR) is 135 cm³/mol. The SMILES string of the molecule is Cc1ccc(NC(=S)NNC(=O)/C(=N\Nc2ccc(Cl)cc2)S(=O)(=O)c2ccccc2)cc1. The molecule has 0 aliphatic heterocycles. The highest BCUT2D eigenvalue weighted by molar-refractivity contribution is 8.08. The molecule has 0 aliphatic carbocycles. The second-order valence-corrected chi connectivity index (χ2v) is 9.46. The van der Waals surface area contributed by atoms with Crippen LogP contribution >= 0.6 is 23.8 Å². The van der Waals surface area contributed by atoms with Crippen molar-refractivity contribution in [3.8, 4) is 0 Å². The number of thiocarbonyl (C=S) groups is 1. The van der Waals surface area contributed by atoms with E-state index in [0.717, 1.165) is 5.56 Å². The van der Waals surface area contributed by atoms with Crippen LogP contribution in [0.15, 0.2) is 88.9 Å². The molecule has 8 nitrogen and oxygen atoms in total. The molecule has 0 bridgehead atoms. The van der Waals surface area contributed by atoms with Crippen molar-refractivity contribution < 1.29 is 13.2 Å². The zero-order valence-electron chi connectivity index (χ0n) is 17.4. The topological polar surface area (TPSA) is 112 Å². The molecular formula is C22H20ClN5O3S2. The zero-order valence-corrected chi connectivity index (χ0v) is 19.8. The van der Waals surface area contributed by atoms with Crippen molar-refractivity contribution in [2.75, 3.05) is 10.7 Å². The molecule has 1 amide bonds. The molecule has 3 aromatic carbocycles. The third-order valence-corrected chi connectivity index (χ3v) is 6.37. The second-order valence-electron chi connectivity index (χ2n) is 6.75. The fourth-order valence-electron chi connectivity index (χ4n) is 2.55. The van der Waals surface area contributed by atoms with Gasteiger partial charge in [0.25, 0.3) is 0 Å². The Labute approximate surface area is 201 Å². The minimum absolute atomic E-state index is 0.0642. The van der Waals surface area contributed by atoms with Gasteiger partial charge in [0.2, 0.25) is 14.9 Å². The number of hydrogen-bond donors (Lipinski definition) is 4. The third kappa shape index (κ3) is 6.75. The van der Waals surface area contributed by atoms with Gasteiger partial charge in [0.1, 0.15) is 0 Å². The van der Waals surface area contributed by atoms with Gasteiger partial charge in [-0.25, -0.2) is 8.42 Å². The first-order chi connectivity index (χ1) is 15.8. The molecule has 170 valence electrons. The summed E-state index contributed by atoms with van der Waals surface area (Å²) in [6.45, 7) is 1.95. The number of hydrazone groups is 1. The van der Waals surface area contributed by atoms with Gasteiger partial charge >= 0.3 is 5.91 Å². The van der Waals surface area contributed by atoms with Crippen LogP contribution in [0.1, 0.15) is 5.56 Å². The van der Waals surface area contributed by atoms with Crippen LogP contribution in [0.5, 0.6) is 0 Å². The van der Waals surface area contributed by atoms with Gasteiger partial charge in [-0.2, -0.15) is 5.10 Å². The minimum Gasteiger partial charge on any atom is -0.331 e. The van der Waals surface area contributed by atoms with Crippen LogP contribution in [0.25, 0.3) is 0 Å². The van der Waals surface area contributed by atoms with E-state index in [-0.39, 0.29) is 10.0 Å². The monoisotopic (exact) mass is 501 g/mol. The summed E-state index contributed by atoms with van der Waals surface area (Å²) in [5.41, 5.74) is 9.55. The number of benzene rings is 3. The lowest BCUT2D eigenvalue weighted by molar-refractivity contribution is -0.115. The van der Waals surface area contributed by atoms with Crippen LogP contribution < -0.4 is 21.6 Å². The number of hydrazine groups is 1. The number of amides is 1. The van der Waals surface area contributed by atoms with Gasteiger partial charge in [-0.05, 0) is 67.7 Å². The quantitative estimate of drug-likeness (QED) is 0.186. The molecule has 0 heterocycles. The number of carbonyl (C=O) groups is 1. The first-order valence-corrected chi connectivity index (χ1v) is 11.9. The van der Waals surface area contributed by atoms with Crippen LogP contribution in [0.2, 0.25) is 5.02 Å². The van der Waals surface area contributed by atoms with E-state index in [2.05, 4.69) is 26.7 Å². The maximum Gasteiger partial charge on any atom is 0.302 e. The van der Waals surface area contributed by atoms with Crippen molar-refractivity contribution in [2.45, 2.75) is 11.8 Å². The molecule has 33 heavy (non-hydrogen) atoms. The van der Waals surface area contributed by atoms with Crippen molar-refractivity contribution in [3.05, 3.63) is 89.4 Å². The van der Waals surface area contributed by atoms with E-state index >= 15 is 0 Å². The lowest BCUT2D eigenvalue weighted by Gasteiger charge is -2.13. The van der Waals surface area contributed by atoms with Crippen LogP contribution in [0.3, 0.4) is 0 Å². The number of rotatable bonds is 4. The fraction of sp³-hybridized carbons (Fsp3) is 0.0455. The Morgan fingerprint density at radius 1 is 0.879 bits per heavy atom. The van der Waals surface area contributed by atoms with E-state index < -0.39 is 20.8 Å². The fourth-order valence-corrected chi connectivity index (χ4v) is 4.04. The van der Waals surface area contributed by atoms with E-state index in [1.165, 1.54) is 12.1 Å². The minimum atomic E-state index is -4.24. The second kappa shape index (κ2) is 10.9. The average Bonchev–Trinajstić information content (AvgIpc) is 2.81. The normalized spacial score (nSPS) is 11.4. The lowest BCUT2D eigenvalue weighted by Crippen LogP contribution is -2.48. The van der Waals surface area contributed by atoms with Gasteiger partial charge in [-0.15, -0.1) is 0 Å². The number of hydrogen-bond acceptors (Lipinski definition) is 6. The first-order valence-electron chi connectivity index (χ1n) is 9.59. The number of halogens is 1. The van der Waals surface area contributed by atoms with E-state index in [0.29, 0.717) is 16.4 Å². The maximum absolute atomic E-state index is 13.1. The van der Waals surface area contributed by atoms with Gasteiger partial charge in [0.05, 0.1) is 10.6 Å². The molecule has 0 atom stereocenters. The Balaban J connectivity index is 1.78. The number of nitrogens with zero attached hydrogens (tertiary/aromatic N) is 1. The summed E-state index contributed by atoms with van der Waals surface area (Å²) in [6, 6.07) is 21.3. The van der Waals surface area contributed by atoms with Crippen LogP contribution in [-0.4, -0.2) is 24.5 Å². The summed E-state index contributed by atoms with van der Waals surface area (Å²) in [5, 5.41) is 6.56. The molecule has 3 aromatic rings. The summed E-state index contributed by atoms with van der Waals surface area (Å²) in [5.74, 6) is -1.01. The molecule has 3 rings (SSSR count). The Hall–Kier alpha value is -3.47. The Morgan fingerprint density at radius 3 is 2.12 bits per heavy atom. The molecule has 0 saturated carbocycles. The van der Waals surface area contributed by atoms with E-state index in [4.69, 9.17) is 23.8 Å². The largest absolute Gasteiger partial charge is 0.331 e. The Bertz CT molecular complexity index is 1260. The smallest absolute Gasteiger partial charge is 0.302 e. The predicted octanol–water partition coefficient (Wildman–Crippen LogP) is 3.87. The van der Waals surface area contributed by atoms with Crippen LogP contribution in [0, 0.1) is 6.92 Å². The van der Waals surface area contributed by atoms with Crippen molar-refractivity contribution in [3.63, 3.8) is 0 Å². The molecule has 11 heteroatoms. The van der Waals surface area contributed by atoms with Gasteiger partial charge in [-0.3, -0.25) is 21.1 Å². The molecular weight excluding hydrogens is 482 g/mol. The van der Waals surface area contributed by atoms with Crippen LogP contribution in [-0.2, 0) is 14.6 Å². The maximum atomic E-state index is 13.1. The Morgan fingerprint density at radius 2 is 1.48 bits per heavy atom. The number of carbonyl (C=O) groups excluding carboxylic acids is 1. The highest BCUT2D eigenvalue weighted by atomic mass is 35.5. The summed E-state index contributed by atoms with van der Waals surface area (Å²) in [7, 11) is -4.24. The molecule has 0 unspecified atom stereocenters. The first kappa shape index (κ1) is 24.2. The van der Waals surface area contributed by atoms with E-state index in [1.807, 2.05) is 31.2 Å². The van der Waals surface area contributed by atoms with Gasteiger partial charge in [-0.1, -0.05) is 47.5 Å². The summed E-state index contributed by atoms with van der Waals surface area (Å²) < 4.78 is 26.2. The number of nitrogens with one attached hydrogen (secondary N) is 4. The highest BCUT2D eigenvalue weighted by Crippen LogP contribution is 2.16. The van der Waals surface area contributed by atoms with E-state index in [9.17, 15) is 13.2 Å². The van der Waals surface area contributed by atoms with Crippen molar-refractivity contribution >= 4 is 61.1 Å². The summed E-state index contributed by atoms with van der Waals surface area (Å²) in [4.78, 5) is 12.7. The lowest BCUT2D eigenvalue weighted by atomic mass is 10.2. The van der Waals surface area contributed by atoms with Crippen molar-refractivity contribution in [2.24, 2.45) is 5.10 Å². The zero-order chi connectivity index (χ0) is 23.8. The Kier molecular flexibility index (Phi) is 7.99. The summed E-state index contributed by atoms with van der Waals surface area (Å²) >= 11 is 11.0. The number of aryl methyl sites for hydroxylation is 1.